The monoisotopic (exact) mass is 482 g/mol. The quantitative estimate of drug-likeness (QED) is 0.433. The van der Waals surface area contributed by atoms with Crippen LogP contribution in [0.25, 0.3) is 11.1 Å². The van der Waals surface area contributed by atoms with Gasteiger partial charge < -0.3 is 20.0 Å². The predicted molar refractivity (Wildman–Crippen MR) is 137 cm³/mol. The first-order valence-corrected chi connectivity index (χ1v) is 11.7. The number of amides is 3. The van der Waals surface area contributed by atoms with Crippen LogP contribution < -0.4 is 10.6 Å². The van der Waals surface area contributed by atoms with Crippen molar-refractivity contribution >= 4 is 40.2 Å². The Morgan fingerprint density at radius 1 is 0.917 bits per heavy atom. The van der Waals surface area contributed by atoms with E-state index in [9.17, 15) is 14.4 Å². The van der Waals surface area contributed by atoms with Crippen LogP contribution in [0.5, 0.6) is 0 Å². The first-order valence-electron chi connectivity index (χ1n) is 11.7. The van der Waals surface area contributed by atoms with Crippen LogP contribution in [0.2, 0.25) is 0 Å². The van der Waals surface area contributed by atoms with Crippen molar-refractivity contribution in [3.05, 3.63) is 88.3 Å². The van der Waals surface area contributed by atoms with Gasteiger partial charge in [-0.1, -0.05) is 12.1 Å². The Morgan fingerprint density at radius 2 is 1.72 bits per heavy atom. The summed E-state index contributed by atoms with van der Waals surface area (Å²) >= 11 is 0. The number of hydrogen-bond acceptors (Lipinski definition) is 5. The van der Waals surface area contributed by atoms with Gasteiger partial charge in [0.1, 0.15) is 5.52 Å². The topological polar surface area (TPSA) is 105 Å². The van der Waals surface area contributed by atoms with E-state index < -0.39 is 0 Å². The lowest BCUT2D eigenvalue weighted by Gasteiger charge is -2.29. The highest BCUT2D eigenvalue weighted by Crippen LogP contribution is 2.25. The Bertz CT molecular complexity index is 1520. The van der Waals surface area contributed by atoms with Gasteiger partial charge in [-0.15, -0.1) is 0 Å². The zero-order valence-corrected chi connectivity index (χ0v) is 20.3. The van der Waals surface area contributed by atoms with E-state index in [4.69, 9.17) is 4.42 Å². The Labute approximate surface area is 208 Å². The summed E-state index contributed by atoms with van der Waals surface area (Å²) in [6.45, 7) is 6.12. The summed E-state index contributed by atoms with van der Waals surface area (Å²) in [5.41, 5.74) is 6.57. The van der Waals surface area contributed by atoms with Crippen LogP contribution in [-0.2, 0) is 17.8 Å². The highest BCUT2D eigenvalue weighted by atomic mass is 16.3. The molecule has 8 heteroatoms. The van der Waals surface area contributed by atoms with Gasteiger partial charge in [-0.25, -0.2) is 4.98 Å². The molecule has 4 aromatic rings. The molecule has 3 aromatic carbocycles. The molecule has 1 aliphatic heterocycles. The SMILES string of the molecule is CC(=O)Nc1cc(NC(=O)c2ccc3c(c2)CN(C(=O)c2ccc4nc(C)oc4c2)CC3)ccc1C. The minimum Gasteiger partial charge on any atom is -0.441 e. The molecule has 3 amide bonds. The second-order valence-corrected chi connectivity index (χ2v) is 9.04. The van der Waals surface area contributed by atoms with Crippen molar-refractivity contribution in [2.45, 2.75) is 33.7 Å². The highest BCUT2D eigenvalue weighted by Gasteiger charge is 2.23. The number of carbonyl (C=O) groups excluding carboxylic acids is 3. The molecule has 0 atom stereocenters. The number of rotatable bonds is 4. The van der Waals surface area contributed by atoms with E-state index in [-0.39, 0.29) is 17.7 Å². The molecule has 0 radical (unpaired) electrons. The summed E-state index contributed by atoms with van der Waals surface area (Å²) in [5.74, 6) is 0.0390. The minimum absolute atomic E-state index is 0.0865. The summed E-state index contributed by atoms with van der Waals surface area (Å²) in [4.78, 5) is 43.7. The number of anilines is 2. The molecule has 0 bridgehead atoms. The third-order valence-corrected chi connectivity index (χ3v) is 6.32. The predicted octanol–water partition coefficient (Wildman–Crippen LogP) is 4.85. The summed E-state index contributed by atoms with van der Waals surface area (Å²) in [6, 6.07) is 16.3. The number of nitrogens with zero attached hydrogens (tertiary/aromatic N) is 2. The fourth-order valence-corrected chi connectivity index (χ4v) is 4.45. The van der Waals surface area contributed by atoms with Gasteiger partial charge in [-0.3, -0.25) is 14.4 Å². The molecular formula is C28H26N4O4. The smallest absolute Gasteiger partial charge is 0.255 e. The number of aromatic nitrogens is 1. The van der Waals surface area contributed by atoms with Crippen molar-refractivity contribution in [1.29, 1.82) is 0 Å². The average molecular weight is 483 g/mol. The number of fused-ring (bicyclic) bond motifs is 2. The van der Waals surface area contributed by atoms with Crippen molar-refractivity contribution in [1.82, 2.24) is 9.88 Å². The summed E-state index contributed by atoms with van der Waals surface area (Å²) in [7, 11) is 0. The first-order chi connectivity index (χ1) is 17.3. The second kappa shape index (κ2) is 9.30. The van der Waals surface area contributed by atoms with E-state index in [0.29, 0.717) is 53.5 Å². The van der Waals surface area contributed by atoms with E-state index in [1.54, 1.807) is 48.2 Å². The third-order valence-electron chi connectivity index (χ3n) is 6.32. The lowest BCUT2D eigenvalue weighted by Crippen LogP contribution is -2.36. The van der Waals surface area contributed by atoms with Crippen LogP contribution in [0.3, 0.4) is 0 Å². The van der Waals surface area contributed by atoms with Crippen molar-refractivity contribution in [3.8, 4) is 0 Å². The highest BCUT2D eigenvalue weighted by molar-refractivity contribution is 6.05. The lowest BCUT2D eigenvalue weighted by atomic mass is 9.96. The van der Waals surface area contributed by atoms with Gasteiger partial charge in [-0.05, 0) is 72.5 Å². The fourth-order valence-electron chi connectivity index (χ4n) is 4.45. The normalized spacial score (nSPS) is 12.8. The van der Waals surface area contributed by atoms with E-state index in [2.05, 4.69) is 15.6 Å². The minimum atomic E-state index is -0.259. The Morgan fingerprint density at radius 3 is 2.53 bits per heavy atom. The lowest BCUT2D eigenvalue weighted by molar-refractivity contribution is -0.114. The van der Waals surface area contributed by atoms with Crippen LogP contribution in [-0.4, -0.2) is 34.2 Å². The van der Waals surface area contributed by atoms with E-state index in [1.807, 2.05) is 25.1 Å². The van der Waals surface area contributed by atoms with Crippen molar-refractivity contribution < 1.29 is 18.8 Å². The maximum atomic E-state index is 13.2. The standard InChI is InChI=1S/C28H26N4O4/c1-16-4-8-23(14-25(16)29-17(2)33)31-27(34)20-6-5-19-10-11-32(15-22(19)12-20)28(35)21-7-9-24-26(13-21)36-18(3)30-24/h4-9,12-14H,10-11,15H2,1-3H3,(H,29,33)(H,31,34). The van der Waals surface area contributed by atoms with Gasteiger partial charge in [0, 0.05) is 49.4 Å². The molecule has 1 aliphatic rings. The Kier molecular flexibility index (Phi) is 6.01. The average Bonchev–Trinajstić information content (AvgIpc) is 3.23. The van der Waals surface area contributed by atoms with Gasteiger partial charge in [0.25, 0.3) is 11.8 Å². The molecule has 0 aliphatic carbocycles. The number of hydrogen-bond donors (Lipinski definition) is 2. The molecule has 0 fully saturated rings. The number of carbonyl (C=O) groups is 3. The number of oxazole rings is 1. The van der Waals surface area contributed by atoms with Crippen LogP contribution in [0.15, 0.2) is 59.0 Å². The van der Waals surface area contributed by atoms with E-state index in [1.165, 1.54) is 6.92 Å². The molecule has 0 spiro atoms. The molecule has 5 rings (SSSR count). The van der Waals surface area contributed by atoms with Crippen LogP contribution in [0, 0.1) is 13.8 Å². The van der Waals surface area contributed by atoms with Crippen molar-refractivity contribution in [2.24, 2.45) is 0 Å². The summed E-state index contributed by atoms with van der Waals surface area (Å²) < 4.78 is 5.58. The van der Waals surface area contributed by atoms with Crippen molar-refractivity contribution in [3.63, 3.8) is 0 Å². The Balaban J connectivity index is 1.32. The maximum Gasteiger partial charge on any atom is 0.255 e. The zero-order chi connectivity index (χ0) is 25.4. The van der Waals surface area contributed by atoms with Crippen LogP contribution >= 0.6 is 0 Å². The van der Waals surface area contributed by atoms with Gasteiger partial charge in [-0.2, -0.15) is 0 Å². The molecular weight excluding hydrogens is 456 g/mol. The van der Waals surface area contributed by atoms with Gasteiger partial charge in [0.15, 0.2) is 11.5 Å². The number of nitrogens with one attached hydrogen (secondary N) is 2. The molecule has 0 unspecified atom stereocenters. The largest absolute Gasteiger partial charge is 0.441 e. The molecule has 182 valence electrons. The third kappa shape index (κ3) is 4.70. The molecule has 8 nitrogen and oxygen atoms in total. The molecule has 2 heterocycles. The Hall–Kier alpha value is -4.46. The molecule has 1 aromatic heterocycles. The molecule has 0 saturated heterocycles. The van der Waals surface area contributed by atoms with E-state index in [0.717, 1.165) is 22.2 Å². The maximum absolute atomic E-state index is 13.2. The van der Waals surface area contributed by atoms with Crippen molar-refractivity contribution in [2.75, 3.05) is 17.2 Å². The zero-order valence-electron chi connectivity index (χ0n) is 20.3. The molecule has 0 saturated carbocycles. The first kappa shape index (κ1) is 23.3. The molecule has 36 heavy (non-hydrogen) atoms. The van der Waals surface area contributed by atoms with Gasteiger partial charge in [0.05, 0.1) is 0 Å². The van der Waals surface area contributed by atoms with Crippen LogP contribution in [0.4, 0.5) is 11.4 Å². The second-order valence-electron chi connectivity index (χ2n) is 9.04. The summed E-state index contributed by atoms with van der Waals surface area (Å²) in [6.07, 6.45) is 0.713. The van der Waals surface area contributed by atoms with E-state index >= 15 is 0 Å². The number of benzene rings is 3. The van der Waals surface area contributed by atoms with Crippen LogP contribution in [0.1, 0.15) is 50.2 Å². The fraction of sp³-hybridized carbons (Fsp3) is 0.214. The number of aryl methyl sites for hydroxylation is 2. The molecule has 2 N–H and O–H groups in total. The van der Waals surface area contributed by atoms with Gasteiger partial charge in [0.2, 0.25) is 5.91 Å². The van der Waals surface area contributed by atoms with Gasteiger partial charge >= 0.3 is 0 Å². The summed E-state index contributed by atoms with van der Waals surface area (Å²) in [5, 5.41) is 5.67.